The number of nitrogens with zero attached hydrogens (tertiary/aromatic N) is 3. The van der Waals surface area contributed by atoms with Crippen molar-refractivity contribution in [2.24, 2.45) is 7.05 Å². The molecular weight excluding hydrogens is 526 g/mol. The van der Waals surface area contributed by atoms with E-state index in [0.717, 1.165) is 18.4 Å². The Labute approximate surface area is 236 Å². The van der Waals surface area contributed by atoms with Gasteiger partial charge in [0, 0.05) is 13.5 Å². The number of nitrogens with one attached hydrogen (secondary N) is 1. The van der Waals surface area contributed by atoms with Crippen LogP contribution in [0.15, 0.2) is 77.6 Å². The van der Waals surface area contributed by atoms with Crippen LogP contribution in [0, 0.1) is 5.82 Å². The van der Waals surface area contributed by atoms with E-state index in [9.17, 15) is 18.8 Å². The van der Waals surface area contributed by atoms with Crippen molar-refractivity contribution in [3.05, 3.63) is 106 Å². The van der Waals surface area contributed by atoms with Gasteiger partial charge in [-0.1, -0.05) is 61.5 Å². The lowest BCUT2D eigenvalue weighted by atomic mass is 9.92. The summed E-state index contributed by atoms with van der Waals surface area (Å²) in [5.74, 6) is -1.37. The van der Waals surface area contributed by atoms with Crippen molar-refractivity contribution in [3.63, 3.8) is 0 Å². The molecule has 2 heterocycles. The van der Waals surface area contributed by atoms with Gasteiger partial charge in [-0.15, -0.1) is 0 Å². The highest BCUT2D eigenvalue weighted by Gasteiger charge is 2.42. The molecule has 1 N–H and O–H groups in total. The van der Waals surface area contributed by atoms with Crippen LogP contribution in [0.2, 0.25) is 0 Å². The molecule has 2 aliphatic rings. The van der Waals surface area contributed by atoms with E-state index in [1.54, 1.807) is 37.4 Å². The Morgan fingerprint density at radius 3 is 2.37 bits per heavy atom. The van der Waals surface area contributed by atoms with Crippen LogP contribution >= 0.6 is 0 Å². The van der Waals surface area contributed by atoms with Crippen molar-refractivity contribution in [2.75, 3.05) is 6.54 Å². The number of halogens is 2. The Morgan fingerprint density at radius 2 is 1.68 bits per heavy atom. The minimum atomic E-state index is -1.38. The summed E-state index contributed by atoms with van der Waals surface area (Å²) in [6.45, 7) is 1.48. The number of imidazole rings is 1. The Kier molecular flexibility index (Phi) is 6.76. The monoisotopic (exact) mass is 558 g/mol. The summed E-state index contributed by atoms with van der Waals surface area (Å²) >= 11 is 0. The lowest BCUT2D eigenvalue weighted by Crippen LogP contribution is -2.48. The van der Waals surface area contributed by atoms with E-state index in [2.05, 4.69) is 5.32 Å². The average molecular weight is 559 g/mol. The second-order valence-corrected chi connectivity index (χ2v) is 11.5. The number of hydrogen-bond acceptors (Lipinski definition) is 3. The Hall–Kier alpha value is -4.27. The molecule has 7 nitrogen and oxygen atoms in total. The third-order valence-corrected chi connectivity index (χ3v) is 8.61. The maximum absolute atomic E-state index is 15.2. The minimum Gasteiger partial charge on any atom is -0.343 e. The number of amides is 2. The zero-order valence-electron chi connectivity index (χ0n) is 23.0. The van der Waals surface area contributed by atoms with Gasteiger partial charge >= 0.3 is 5.69 Å². The Balaban J connectivity index is 1.27. The lowest BCUT2D eigenvalue weighted by Gasteiger charge is -2.27. The number of hydrogen-bond donors (Lipinski definition) is 1. The summed E-state index contributed by atoms with van der Waals surface area (Å²) in [7, 11) is 1.62. The summed E-state index contributed by atoms with van der Waals surface area (Å²) in [4.78, 5) is 41.2. The number of alkyl halides is 1. The van der Waals surface area contributed by atoms with Gasteiger partial charge in [0.1, 0.15) is 24.6 Å². The normalized spacial score (nSPS) is 20.2. The van der Waals surface area contributed by atoms with Crippen LogP contribution in [0.5, 0.6) is 0 Å². The number of benzene rings is 3. The fourth-order valence-electron chi connectivity index (χ4n) is 5.95. The summed E-state index contributed by atoms with van der Waals surface area (Å²) < 4.78 is 32.7. The molecule has 9 heteroatoms. The molecule has 41 heavy (non-hydrogen) atoms. The summed E-state index contributed by atoms with van der Waals surface area (Å²) in [5.41, 5.74) is 2.69. The lowest BCUT2D eigenvalue weighted by molar-refractivity contribution is -0.139. The summed E-state index contributed by atoms with van der Waals surface area (Å²) in [6, 6.07) is 19.6. The van der Waals surface area contributed by atoms with Crippen LogP contribution in [0.4, 0.5) is 8.78 Å². The molecule has 3 atom stereocenters. The van der Waals surface area contributed by atoms with Gasteiger partial charge in [0.25, 0.3) is 0 Å². The fourth-order valence-corrected chi connectivity index (χ4v) is 5.95. The molecule has 1 saturated heterocycles. The van der Waals surface area contributed by atoms with E-state index in [4.69, 9.17) is 0 Å². The van der Waals surface area contributed by atoms with Gasteiger partial charge in [-0.2, -0.15) is 0 Å². The molecule has 0 bridgehead atoms. The van der Waals surface area contributed by atoms with Gasteiger partial charge in [0.05, 0.1) is 23.6 Å². The zero-order chi connectivity index (χ0) is 28.9. The average Bonchev–Trinajstić information content (AvgIpc) is 3.52. The first-order chi connectivity index (χ1) is 19.7. The van der Waals surface area contributed by atoms with E-state index < -0.39 is 30.1 Å². The zero-order valence-corrected chi connectivity index (χ0v) is 23.0. The standard InChI is InChI=1S/C32H32F2N4O3/c1-32(14-15-32)23-13-12-21(16-24(23)34)29(20-8-4-3-5-9-20)35-30(40)27-17-22(33)18-37(27)28(39)19-38-26-11-7-6-10-25(26)36(2)31(38)41/h3-13,16,22,27,29H,14-15,17-19H2,1-2H3,(H,35,40). The van der Waals surface area contributed by atoms with Crippen molar-refractivity contribution >= 4 is 22.8 Å². The summed E-state index contributed by atoms with van der Waals surface area (Å²) in [6.07, 6.45) is 0.325. The SMILES string of the molecule is Cn1c(=O)n(CC(=O)N2CC(F)CC2C(=O)NC(c2ccccc2)c2ccc(C3(C)CC3)c(F)c2)c2ccccc21. The maximum atomic E-state index is 15.2. The fraction of sp³-hybridized carbons (Fsp3) is 0.344. The molecule has 1 aliphatic heterocycles. The van der Waals surface area contributed by atoms with Crippen LogP contribution in [0.3, 0.4) is 0 Å². The molecule has 1 aromatic heterocycles. The Bertz CT molecular complexity index is 1690. The van der Waals surface area contributed by atoms with Crippen LogP contribution in [0.1, 0.15) is 48.9 Å². The molecule has 3 unspecified atom stereocenters. The molecule has 212 valence electrons. The van der Waals surface area contributed by atoms with Crippen molar-refractivity contribution in [3.8, 4) is 0 Å². The molecule has 6 rings (SSSR count). The van der Waals surface area contributed by atoms with Gasteiger partial charge < -0.3 is 10.2 Å². The van der Waals surface area contributed by atoms with E-state index in [0.29, 0.717) is 22.2 Å². The van der Waals surface area contributed by atoms with Gasteiger partial charge in [0.15, 0.2) is 0 Å². The van der Waals surface area contributed by atoms with E-state index in [1.807, 2.05) is 43.3 Å². The van der Waals surface area contributed by atoms with Gasteiger partial charge in [-0.25, -0.2) is 13.6 Å². The van der Waals surface area contributed by atoms with Crippen LogP contribution in [-0.4, -0.2) is 44.6 Å². The van der Waals surface area contributed by atoms with Gasteiger partial charge in [0.2, 0.25) is 11.8 Å². The number of likely N-dealkylation sites (tertiary alicyclic amines) is 1. The van der Waals surface area contributed by atoms with Crippen LogP contribution in [0.25, 0.3) is 11.0 Å². The Morgan fingerprint density at radius 1 is 1.00 bits per heavy atom. The molecule has 2 fully saturated rings. The van der Waals surface area contributed by atoms with E-state index >= 15 is 4.39 Å². The second-order valence-electron chi connectivity index (χ2n) is 11.5. The first kappa shape index (κ1) is 26.9. The van der Waals surface area contributed by atoms with Crippen molar-refractivity contribution in [2.45, 2.75) is 56.4 Å². The van der Waals surface area contributed by atoms with Crippen LogP contribution in [-0.2, 0) is 28.6 Å². The molecule has 1 aliphatic carbocycles. The molecular formula is C32H32F2N4O3. The van der Waals surface area contributed by atoms with Crippen molar-refractivity contribution < 1.29 is 18.4 Å². The van der Waals surface area contributed by atoms with Crippen LogP contribution < -0.4 is 11.0 Å². The van der Waals surface area contributed by atoms with E-state index in [-0.39, 0.29) is 36.4 Å². The topological polar surface area (TPSA) is 76.3 Å². The number of aryl methyl sites for hydroxylation is 1. The third-order valence-electron chi connectivity index (χ3n) is 8.61. The minimum absolute atomic E-state index is 0.152. The quantitative estimate of drug-likeness (QED) is 0.366. The summed E-state index contributed by atoms with van der Waals surface area (Å²) in [5, 5.41) is 2.97. The second kappa shape index (κ2) is 10.3. The molecule has 3 aromatic carbocycles. The number of rotatable bonds is 7. The maximum Gasteiger partial charge on any atom is 0.329 e. The first-order valence-electron chi connectivity index (χ1n) is 13.9. The number of para-hydroxylation sites is 2. The molecule has 1 saturated carbocycles. The van der Waals surface area contributed by atoms with Crippen molar-refractivity contribution in [1.82, 2.24) is 19.4 Å². The number of carbonyl (C=O) groups excluding carboxylic acids is 2. The highest BCUT2D eigenvalue weighted by atomic mass is 19.1. The first-order valence-corrected chi connectivity index (χ1v) is 13.9. The number of fused-ring (bicyclic) bond motifs is 1. The molecule has 2 amide bonds. The largest absolute Gasteiger partial charge is 0.343 e. The highest BCUT2D eigenvalue weighted by molar-refractivity contribution is 5.89. The molecule has 4 aromatic rings. The number of carbonyl (C=O) groups is 2. The molecule has 0 spiro atoms. The van der Waals surface area contributed by atoms with Crippen molar-refractivity contribution in [1.29, 1.82) is 0 Å². The molecule has 0 radical (unpaired) electrons. The van der Waals surface area contributed by atoms with Gasteiger partial charge in [-0.05, 0) is 53.1 Å². The van der Waals surface area contributed by atoms with Gasteiger partial charge in [-0.3, -0.25) is 18.7 Å². The number of aromatic nitrogens is 2. The van der Waals surface area contributed by atoms with E-state index in [1.165, 1.54) is 20.1 Å². The predicted molar refractivity (Wildman–Crippen MR) is 152 cm³/mol. The third kappa shape index (κ3) is 4.94. The predicted octanol–water partition coefficient (Wildman–Crippen LogP) is 4.38. The highest BCUT2D eigenvalue weighted by Crippen LogP contribution is 2.48. The smallest absolute Gasteiger partial charge is 0.329 e.